The van der Waals surface area contributed by atoms with E-state index in [1.165, 1.54) is 4.90 Å². The molecule has 0 N–H and O–H groups in total. The van der Waals surface area contributed by atoms with Crippen molar-refractivity contribution < 1.29 is 14.3 Å². The number of nitrogens with zero attached hydrogens (tertiary/aromatic N) is 1. The number of thioether (sulfide) groups is 1. The van der Waals surface area contributed by atoms with E-state index in [1.54, 1.807) is 13.0 Å². The Bertz CT molecular complexity index is 925. The molecule has 0 atom stereocenters. The molecule has 1 heterocycles. The lowest BCUT2D eigenvalue weighted by molar-refractivity contribution is -0.122. The number of benzene rings is 2. The van der Waals surface area contributed by atoms with E-state index in [0.29, 0.717) is 28.8 Å². The molecular weight excluding hydrogens is 518 g/mol. The second-order valence-corrected chi connectivity index (χ2v) is 8.73. The minimum atomic E-state index is -0.265. The number of rotatable bonds is 5. The van der Waals surface area contributed by atoms with Crippen LogP contribution in [0.25, 0.3) is 6.08 Å². The number of halogens is 3. The van der Waals surface area contributed by atoms with Crippen LogP contribution in [-0.4, -0.2) is 22.6 Å². The Morgan fingerprint density at radius 3 is 2.44 bits per heavy atom. The molecule has 1 aliphatic heterocycles. The molecule has 0 aliphatic carbocycles. The molecule has 8 heteroatoms. The summed E-state index contributed by atoms with van der Waals surface area (Å²) < 4.78 is 7.35. The molecule has 4 nitrogen and oxygen atoms in total. The average Bonchev–Trinajstić information content (AvgIpc) is 2.88. The summed E-state index contributed by atoms with van der Waals surface area (Å²) in [5.41, 5.74) is 1.66. The summed E-state index contributed by atoms with van der Waals surface area (Å²) in [6.45, 7) is 2.47. The van der Waals surface area contributed by atoms with E-state index in [4.69, 9.17) is 16.3 Å². The molecule has 1 fully saturated rings. The van der Waals surface area contributed by atoms with Gasteiger partial charge >= 0.3 is 0 Å². The van der Waals surface area contributed by atoms with E-state index >= 15 is 0 Å². The molecule has 0 unspecified atom stereocenters. The van der Waals surface area contributed by atoms with Gasteiger partial charge in [0.05, 0.1) is 13.9 Å². The van der Waals surface area contributed by atoms with Crippen molar-refractivity contribution in [2.75, 3.05) is 6.54 Å². The van der Waals surface area contributed by atoms with E-state index in [9.17, 15) is 9.59 Å². The number of imide groups is 1. The van der Waals surface area contributed by atoms with Crippen molar-refractivity contribution in [3.63, 3.8) is 0 Å². The lowest BCUT2D eigenvalue weighted by Gasteiger charge is -2.12. The zero-order valence-electron chi connectivity index (χ0n) is 14.2. The highest BCUT2D eigenvalue weighted by atomic mass is 79.9. The van der Waals surface area contributed by atoms with Gasteiger partial charge in [0.1, 0.15) is 12.4 Å². The van der Waals surface area contributed by atoms with E-state index in [-0.39, 0.29) is 11.1 Å². The van der Waals surface area contributed by atoms with Crippen molar-refractivity contribution in [2.45, 2.75) is 13.5 Å². The number of hydrogen-bond acceptors (Lipinski definition) is 4. The quantitative estimate of drug-likeness (QED) is 0.413. The summed E-state index contributed by atoms with van der Waals surface area (Å²) in [7, 11) is 0. The topological polar surface area (TPSA) is 46.6 Å². The van der Waals surface area contributed by atoms with E-state index in [1.807, 2.05) is 36.4 Å². The first-order valence-electron chi connectivity index (χ1n) is 8.01. The summed E-state index contributed by atoms with van der Waals surface area (Å²) in [5.74, 6) is 0.368. The lowest BCUT2D eigenvalue weighted by Crippen LogP contribution is -2.27. The van der Waals surface area contributed by atoms with Gasteiger partial charge in [-0.15, -0.1) is 0 Å². The van der Waals surface area contributed by atoms with Gasteiger partial charge in [0.15, 0.2) is 0 Å². The number of ether oxygens (including phenoxy) is 1. The predicted molar refractivity (Wildman–Crippen MR) is 116 cm³/mol. The normalized spacial score (nSPS) is 15.7. The molecule has 0 spiro atoms. The van der Waals surface area contributed by atoms with E-state index in [2.05, 4.69) is 31.9 Å². The number of hydrogen-bond donors (Lipinski definition) is 0. The van der Waals surface area contributed by atoms with Crippen LogP contribution in [0.1, 0.15) is 18.1 Å². The summed E-state index contributed by atoms with van der Waals surface area (Å²) >= 11 is 14.1. The maximum Gasteiger partial charge on any atom is 0.293 e. The van der Waals surface area contributed by atoms with Crippen LogP contribution in [0.3, 0.4) is 0 Å². The molecule has 3 rings (SSSR count). The zero-order valence-corrected chi connectivity index (χ0v) is 18.9. The summed E-state index contributed by atoms with van der Waals surface area (Å²) in [6, 6.07) is 11.2. The largest absolute Gasteiger partial charge is 0.486 e. The maximum atomic E-state index is 12.2. The van der Waals surface area contributed by atoms with E-state index < -0.39 is 0 Å². The van der Waals surface area contributed by atoms with Gasteiger partial charge in [0.2, 0.25) is 0 Å². The number of amides is 2. The first kappa shape index (κ1) is 20.5. The van der Waals surface area contributed by atoms with Crippen molar-refractivity contribution >= 4 is 72.4 Å². The second-order valence-electron chi connectivity index (χ2n) is 5.62. The molecule has 0 bridgehead atoms. The molecule has 2 aromatic carbocycles. The molecule has 140 valence electrons. The van der Waals surface area contributed by atoms with Crippen LogP contribution in [0.2, 0.25) is 5.02 Å². The number of carbonyl (C=O) groups excluding carboxylic acids is 2. The van der Waals surface area contributed by atoms with Crippen molar-refractivity contribution in [3.8, 4) is 5.75 Å². The van der Waals surface area contributed by atoms with Crippen LogP contribution in [0.15, 0.2) is 50.2 Å². The molecule has 0 radical (unpaired) electrons. The monoisotopic (exact) mass is 529 g/mol. The fourth-order valence-corrected chi connectivity index (χ4v) is 5.03. The van der Waals surface area contributed by atoms with Gasteiger partial charge < -0.3 is 4.74 Å². The van der Waals surface area contributed by atoms with Crippen LogP contribution >= 0.6 is 55.2 Å². The Kier molecular flexibility index (Phi) is 6.68. The molecule has 0 saturated carbocycles. The smallest absolute Gasteiger partial charge is 0.293 e. The fraction of sp³-hybridized carbons (Fsp3) is 0.158. The van der Waals surface area contributed by atoms with Crippen molar-refractivity contribution in [2.24, 2.45) is 0 Å². The summed E-state index contributed by atoms with van der Waals surface area (Å²) in [5, 5.41) is 0.402. The molecular formula is C19H14Br2ClNO3S. The standard InChI is InChI=1S/C19H14Br2ClNO3S/c1-2-23-18(24)16(27-19(23)25)9-11-7-13(20)17(14(21)8-11)26-10-12-5-3-4-6-15(12)22/h3-9H,2,10H2,1H3/b16-9+. The fourth-order valence-electron chi connectivity index (χ4n) is 2.49. The lowest BCUT2D eigenvalue weighted by atomic mass is 10.2. The Balaban J connectivity index is 1.81. The van der Waals surface area contributed by atoms with Gasteiger partial charge in [-0.1, -0.05) is 29.8 Å². The van der Waals surface area contributed by atoms with Crippen LogP contribution in [0.5, 0.6) is 5.75 Å². The minimum absolute atomic E-state index is 0.244. The third-order valence-corrected chi connectivity index (χ3v) is 6.29. The van der Waals surface area contributed by atoms with Gasteiger partial charge in [-0.3, -0.25) is 14.5 Å². The highest BCUT2D eigenvalue weighted by Crippen LogP contribution is 2.38. The van der Waals surface area contributed by atoms with Gasteiger partial charge in [0, 0.05) is 17.1 Å². The Morgan fingerprint density at radius 2 is 1.85 bits per heavy atom. The third-order valence-electron chi connectivity index (χ3n) is 3.84. The van der Waals surface area contributed by atoms with Crippen molar-refractivity contribution in [3.05, 3.63) is 66.4 Å². The Morgan fingerprint density at radius 1 is 1.19 bits per heavy atom. The summed E-state index contributed by atoms with van der Waals surface area (Å²) in [4.78, 5) is 25.7. The molecule has 0 aromatic heterocycles. The van der Waals surface area contributed by atoms with Crippen molar-refractivity contribution in [1.29, 1.82) is 0 Å². The minimum Gasteiger partial charge on any atom is -0.486 e. The van der Waals surface area contributed by atoms with Crippen LogP contribution in [0, 0.1) is 0 Å². The maximum absolute atomic E-state index is 12.2. The van der Waals surface area contributed by atoms with Gasteiger partial charge in [-0.05, 0) is 80.4 Å². The highest BCUT2D eigenvalue weighted by Gasteiger charge is 2.33. The molecule has 1 aliphatic rings. The van der Waals surface area contributed by atoms with E-state index in [0.717, 1.165) is 31.8 Å². The van der Waals surface area contributed by atoms with Crippen LogP contribution in [0.4, 0.5) is 4.79 Å². The van der Waals surface area contributed by atoms with Crippen LogP contribution in [-0.2, 0) is 11.4 Å². The van der Waals surface area contributed by atoms with Gasteiger partial charge in [-0.2, -0.15) is 0 Å². The predicted octanol–water partition coefficient (Wildman–Crippen LogP) is 6.50. The Labute approximate surface area is 183 Å². The van der Waals surface area contributed by atoms with Gasteiger partial charge in [0.25, 0.3) is 11.1 Å². The highest BCUT2D eigenvalue weighted by molar-refractivity contribution is 9.11. The summed E-state index contributed by atoms with van der Waals surface area (Å²) in [6.07, 6.45) is 1.70. The number of likely N-dealkylation sites (N-methyl/N-ethyl adjacent to an activating group) is 1. The molecule has 2 aromatic rings. The molecule has 27 heavy (non-hydrogen) atoms. The third kappa shape index (κ3) is 4.59. The zero-order chi connectivity index (χ0) is 19.6. The second kappa shape index (κ2) is 8.82. The first-order valence-corrected chi connectivity index (χ1v) is 10.8. The Hall–Kier alpha value is -1.28. The van der Waals surface area contributed by atoms with Crippen LogP contribution < -0.4 is 4.74 Å². The van der Waals surface area contributed by atoms with Gasteiger partial charge in [-0.25, -0.2) is 0 Å². The molecule has 1 saturated heterocycles. The number of carbonyl (C=O) groups is 2. The average molecular weight is 532 g/mol. The SMILES string of the molecule is CCN1C(=O)S/C(=C/c2cc(Br)c(OCc3ccccc3Cl)c(Br)c2)C1=O. The van der Waals surface area contributed by atoms with Crippen molar-refractivity contribution in [1.82, 2.24) is 4.90 Å². The first-order chi connectivity index (χ1) is 12.9. The molecule has 2 amide bonds.